The molecule has 0 aliphatic carbocycles. The van der Waals surface area contributed by atoms with E-state index in [4.69, 9.17) is 11.6 Å². The van der Waals surface area contributed by atoms with Crippen molar-refractivity contribution in [2.75, 3.05) is 4.90 Å². The topological polar surface area (TPSA) is 20.3 Å². The Morgan fingerprint density at radius 3 is 2.50 bits per heavy atom. The zero-order valence-corrected chi connectivity index (χ0v) is 12.4. The van der Waals surface area contributed by atoms with Gasteiger partial charge in [0.15, 0.2) is 0 Å². The maximum absolute atomic E-state index is 11.7. The van der Waals surface area contributed by atoms with Crippen molar-refractivity contribution in [1.29, 1.82) is 0 Å². The molecule has 0 N–H and O–H groups in total. The Kier molecular flexibility index (Phi) is 3.37. The molecular weight excluding hydrogens is 314 g/mol. The van der Waals surface area contributed by atoms with Crippen LogP contribution in [-0.4, -0.2) is 17.9 Å². The number of nitrogens with zero attached hydrogens (tertiary/aromatic N) is 1. The van der Waals surface area contributed by atoms with E-state index in [0.29, 0.717) is 30.7 Å². The maximum Gasteiger partial charge on any atom is 0.137 e. The molecule has 18 heavy (non-hydrogen) atoms. The molecule has 2 aliphatic rings. The fraction of sp³-hybridized carbons (Fsp3) is 0.500. The highest BCUT2D eigenvalue weighted by atomic mass is 79.9. The SMILES string of the molecule is O=C1CC2CCCC(C1)N2c1ccc(Cl)cc1Br. The quantitative estimate of drug-likeness (QED) is 0.770. The van der Waals surface area contributed by atoms with Gasteiger partial charge >= 0.3 is 0 Å². The number of hydrogen-bond donors (Lipinski definition) is 0. The number of anilines is 1. The summed E-state index contributed by atoms with van der Waals surface area (Å²) in [4.78, 5) is 14.2. The van der Waals surface area contributed by atoms with Gasteiger partial charge in [-0.3, -0.25) is 4.79 Å². The molecule has 2 fully saturated rings. The Bertz CT molecular complexity index is 475. The van der Waals surface area contributed by atoms with Crippen LogP contribution in [0, 0.1) is 0 Å². The molecule has 2 bridgehead atoms. The molecule has 0 saturated carbocycles. The van der Waals surface area contributed by atoms with E-state index in [1.54, 1.807) is 0 Å². The van der Waals surface area contributed by atoms with Crippen LogP contribution in [0.5, 0.6) is 0 Å². The number of carbonyl (C=O) groups is 1. The lowest BCUT2D eigenvalue weighted by Crippen LogP contribution is -2.52. The zero-order chi connectivity index (χ0) is 12.7. The number of Topliss-reactive ketones (excluding diaryl/α,β-unsaturated/α-hetero) is 1. The van der Waals surface area contributed by atoms with E-state index < -0.39 is 0 Å². The predicted octanol–water partition coefficient (Wildman–Crippen LogP) is 4.19. The van der Waals surface area contributed by atoms with Crippen molar-refractivity contribution in [3.05, 3.63) is 27.7 Å². The summed E-state index contributed by atoms with van der Waals surface area (Å²) < 4.78 is 1.03. The van der Waals surface area contributed by atoms with Crippen molar-refractivity contribution in [2.45, 2.75) is 44.2 Å². The minimum Gasteiger partial charge on any atom is -0.364 e. The second-order valence-corrected chi connectivity index (χ2v) is 6.48. The zero-order valence-electron chi connectivity index (χ0n) is 10.0. The molecular formula is C14H15BrClNO. The number of piperidine rings is 2. The Morgan fingerprint density at radius 2 is 1.89 bits per heavy atom. The number of benzene rings is 1. The Hall–Kier alpha value is -0.540. The molecule has 0 spiro atoms. The number of ketones is 1. The standard InChI is InChI=1S/C14H15BrClNO/c15-13-6-9(16)4-5-14(13)17-10-2-1-3-11(17)8-12(18)7-10/h4-6,10-11H,1-3,7-8H2. The summed E-state index contributed by atoms with van der Waals surface area (Å²) in [6.45, 7) is 0. The van der Waals surface area contributed by atoms with E-state index in [0.717, 1.165) is 22.3 Å². The van der Waals surface area contributed by atoms with Gasteiger partial charge < -0.3 is 4.90 Å². The fourth-order valence-electron chi connectivity index (χ4n) is 3.26. The van der Waals surface area contributed by atoms with Crippen molar-refractivity contribution < 1.29 is 4.79 Å². The van der Waals surface area contributed by atoms with E-state index in [1.165, 1.54) is 12.1 Å². The van der Waals surface area contributed by atoms with Crippen LogP contribution in [0.4, 0.5) is 5.69 Å². The van der Waals surface area contributed by atoms with Gasteiger partial charge in [0.25, 0.3) is 0 Å². The highest BCUT2D eigenvalue weighted by Gasteiger charge is 2.38. The molecule has 2 saturated heterocycles. The fourth-order valence-corrected chi connectivity index (χ4v) is 4.15. The predicted molar refractivity (Wildman–Crippen MR) is 77.3 cm³/mol. The highest BCUT2D eigenvalue weighted by Crippen LogP contribution is 2.40. The highest BCUT2D eigenvalue weighted by molar-refractivity contribution is 9.10. The van der Waals surface area contributed by atoms with Crippen LogP contribution >= 0.6 is 27.5 Å². The summed E-state index contributed by atoms with van der Waals surface area (Å²) in [5, 5.41) is 0.740. The van der Waals surface area contributed by atoms with Gasteiger partial charge in [-0.15, -0.1) is 0 Å². The average Bonchev–Trinajstić information content (AvgIpc) is 2.28. The van der Waals surface area contributed by atoms with Gasteiger partial charge in [-0.25, -0.2) is 0 Å². The average molecular weight is 329 g/mol. The molecule has 2 unspecified atom stereocenters. The van der Waals surface area contributed by atoms with Crippen LogP contribution in [0.1, 0.15) is 32.1 Å². The number of carbonyl (C=O) groups excluding carboxylic acids is 1. The maximum atomic E-state index is 11.7. The molecule has 1 aromatic carbocycles. The van der Waals surface area contributed by atoms with Gasteiger partial charge in [0, 0.05) is 34.4 Å². The summed E-state index contributed by atoms with van der Waals surface area (Å²) in [6.07, 6.45) is 4.88. The molecule has 4 heteroatoms. The first-order valence-electron chi connectivity index (χ1n) is 6.40. The van der Waals surface area contributed by atoms with Crippen LogP contribution in [0.3, 0.4) is 0 Å². The van der Waals surface area contributed by atoms with E-state index in [9.17, 15) is 4.79 Å². The van der Waals surface area contributed by atoms with Gasteiger partial charge in [0.1, 0.15) is 5.78 Å². The van der Waals surface area contributed by atoms with Gasteiger partial charge in [0.05, 0.1) is 5.69 Å². The summed E-state index contributed by atoms with van der Waals surface area (Å²) >= 11 is 9.59. The Morgan fingerprint density at radius 1 is 1.22 bits per heavy atom. The number of fused-ring (bicyclic) bond motifs is 2. The van der Waals surface area contributed by atoms with Crippen molar-refractivity contribution in [3.8, 4) is 0 Å². The molecule has 2 atom stereocenters. The van der Waals surface area contributed by atoms with Crippen LogP contribution < -0.4 is 4.90 Å². The first kappa shape index (κ1) is 12.5. The number of hydrogen-bond acceptors (Lipinski definition) is 2. The monoisotopic (exact) mass is 327 g/mol. The van der Waals surface area contributed by atoms with Crippen LogP contribution in [-0.2, 0) is 4.79 Å². The van der Waals surface area contributed by atoms with Crippen LogP contribution in [0.2, 0.25) is 5.02 Å². The molecule has 3 rings (SSSR count). The largest absolute Gasteiger partial charge is 0.364 e. The smallest absolute Gasteiger partial charge is 0.137 e. The van der Waals surface area contributed by atoms with E-state index in [-0.39, 0.29) is 0 Å². The second kappa shape index (κ2) is 4.86. The van der Waals surface area contributed by atoms with Gasteiger partial charge in [-0.2, -0.15) is 0 Å². The molecule has 0 radical (unpaired) electrons. The number of rotatable bonds is 1. The number of halogens is 2. The minimum atomic E-state index is 0.377. The molecule has 1 aromatic rings. The molecule has 2 heterocycles. The van der Waals surface area contributed by atoms with Crippen molar-refractivity contribution >= 4 is 39.0 Å². The summed E-state index contributed by atoms with van der Waals surface area (Å²) in [5.74, 6) is 0.422. The van der Waals surface area contributed by atoms with Crippen molar-refractivity contribution in [2.24, 2.45) is 0 Å². The summed E-state index contributed by atoms with van der Waals surface area (Å²) in [5.41, 5.74) is 1.18. The third-order valence-electron chi connectivity index (χ3n) is 3.98. The Balaban J connectivity index is 1.97. The first-order valence-corrected chi connectivity index (χ1v) is 7.57. The third-order valence-corrected chi connectivity index (χ3v) is 4.85. The van der Waals surface area contributed by atoms with E-state index >= 15 is 0 Å². The minimum absolute atomic E-state index is 0.377. The van der Waals surface area contributed by atoms with Crippen LogP contribution in [0.15, 0.2) is 22.7 Å². The Labute approximate surface area is 120 Å². The first-order chi connectivity index (χ1) is 8.65. The summed E-state index contributed by atoms with van der Waals surface area (Å²) in [7, 11) is 0. The lowest BCUT2D eigenvalue weighted by Gasteiger charge is -2.47. The lowest BCUT2D eigenvalue weighted by atomic mass is 9.83. The molecule has 96 valence electrons. The van der Waals surface area contributed by atoms with Gasteiger partial charge in [0.2, 0.25) is 0 Å². The molecule has 2 nitrogen and oxygen atoms in total. The second-order valence-electron chi connectivity index (χ2n) is 5.19. The van der Waals surface area contributed by atoms with E-state index in [1.807, 2.05) is 12.1 Å². The van der Waals surface area contributed by atoms with E-state index in [2.05, 4.69) is 26.9 Å². The van der Waals surface area contributed by atoms with Crippen LogP contribution in [0.25, 0.3) is 0 Å². The lowest BCUT2D eigenvalue weighted by molar-refractivity contribution is -0.121. The van der Waals surface area contributed by atoms with Gasteiger partial charge in [-0.1, -0.05) is 11.6 Å². The third kappa shape index (κ3) is 2.19. The van der Waals surface area contributed by atoms with Crippen molar-refractivity contribution in [3.63, 3.8) is 0 Å². The van der Waals surface area contributed by atoms with Gasteiger partial charge in [-0.05, 0) is 53.4 Å². The molecule has 0 amide bonds. The normalized spacial score (nSPS) is 27.4. The molecule has 0 aromatic heterocycles. The summed E-state index contributed by atoms with van der Waals surface area (Å²) in [6, 6.07) is 6.68. The molecule has 2 aliphatic heterocycles. The van der Waals surface area contributed by atoms with Crippen molar-refractivity contribution in [1.82, 2.24) is 0 Å².